The second-order valence-electron chi connectivity index (χ2n) is 4.55. The maximum absolute atomic E-state index is 11.4. The average Bonchev–Trinajstić information content (AvgIpc) is 1.82. The molecule has 70 valence electrons. The van der Waals surface area contributed by atoms with Gasteiger partial charge in [-0.05, 0) is 24.8 Å². The predicted molar refractivity (Wildman–Crippen MR) is 53.1 cm³/mol. The lowest BCUT2D eigenvalue weighted by atomic mass is 9.89. The second kappa shape index (κ2) is 4.44. The van der Waals surface area contributed by atoms with Gasteiger partial charge < -0.3 is 0 Å². The van der Waals surface area contributed by atoms with Crippen molar-refractivity contribution in [1.29, 1.82) is 0 Å². The Balaban J connectivity index is 4.08. The van der Waals surface area contributed by atoms with Crippen LogP contribution in [0.4, 0.5) is 0 Å². The number of hydrogen-bond acceptors (Lipinski definition) is 1. The molecule has 0 aliphatic carbocycles. The van der Waals surface area contributed by atoms with E-state index in [0.717, 1.165) is 6.42 Å². The highest BCUT2D eigenvalue weighted by Gasteiger charge is 2.13. The summed E-state index contributed by atoms with van der Waals surface area (Å²) in [4.78, 5) is 11.4. The smallest absolute Gasteiger partial charge is 0.156 e. The lowest BCUT2D eigenvalue weighted by Crippen LogP contribution is -2.11. The first-order chi connectivity index (χ1) is 5.35. The van der Waals surface area contributed by atoms with Gasteiger partial charge in [0.25, 0.3) is 0 Å². The van der Waals surface area contributed by atoms with Crippen LogP contribution in [0.15, 0.2) is 11.6 Å². The largest absolute Gasteiger partial charge is 0.295 e. The molecule has 0 aromatic rings. The van der Waals surface area contributed by atoms with Crippen LogP contribution in [-0.2, 0) is 4.79 Å². The van der Waals surface area contributed by atoms with Gasteiger partial charge in [-0.3, -0.25) is 4.79 Å². The van der Waals surface area contributed by atoms with Crippen LogP contribution in [0.5, 0.6) is 0 Å². The van der Waals surface area contributed by atoms with E-state index in [-0.39, 0.29) is 11.2 Å². The van der Waals surface area contributed by atoms with Crippen molar-refractivity contribution in [3.05, 3.63) is 11.6 Å². The van der Waals surface area contributed by atoms with Gasteiger partial charge in [0.1, 0.15) is 0 Å². The van der Waals surface area contributed by atoms with Crippen LogP contribution in [0.25, 0.3) is 0 Å². The SMILES string of the molecule is CC/C(C)=C/C(=O)CC(C)(C)C. The summed E-state index contributed by atoms with van der Waals surface area (Å²) in [6.45, 7) is 10.3. The molecule has 12 heavy (non-hydrogen) atoms. The highest BCUT2D eigenvalue weighted by Crippen LogP contribution is 2.19. The number of allylic oxidation sites excluding steroid dienone is 2. The minimum Gasteiger partial charge on any atom is -0.295 e. The zero-order valence-corrected chi connectivity index (χ0v) is 8.90. The molecule has 0 saturated carbocycles. The van der Waals surface area contributed by atoms with Crippen LogP contribution >= 0.6 is 0 Å². The first-order valence-electron chi connectivity index (χ1n) is 4.55. The molecular weight excluding hydrogens is 148 g/mol. The molecule has 0 atom stereocenters. The van der Waals surface area contributed by atoms with Gasteiger partial charge in [-0.2, -0.15) is 0 Å². The van der Waals surface area contributed by atoms with Crippen LogP contribution in [0.1, 0.15) is 47.5 Å². The van der Waals surface area contributed by atoms with Crippen molar-refractivity contribution in [3.8, 4) is 0 Å². The van der Waals surface area contributed by atoms with E-state index in [1.165, 1.54) is 5.57 Å². The Kier molecular flexibility index (Phi) is 4.22. The average molecular weight is 168 g/mol. The number of rotatable bonds is 3. The molecule has 1 nitrogen and oxygen atoms in total. The zero-order chi connectivity index (χ0) is 9.78. The van der Waals surface area contributed by atoms with E-state index in [4.69, 9.17) is 0 Å². The Morgan fingerprint density at radius 3 is 2.17 bits per heavy atom. The summed E-state index contributed by atoms with van der Waals surface area (Å²) in [6.07, 6.45) is 3.38. The third-order valence-corrected chi connectivity index (χ3v) is 1.67. The third-order valence-electron chi connectivity index (χ3n) is 1.67. The third kappa shape index (κ3) is 6.14. The Morgan fingerprint density at radius 1 is 1.33 bits per heavy atom. The number of carbonyl (C=O) groups excluding carboxylic acids is 1. The molecule has 0 unspecified atom stereocenters. The van der Waals surface area contributed by atoms with Gasteiger partial charge in [0.15, 0.2) is 5.78 Å². The Labute approximate surface area is 75.9 Å². The van der Waals surface area contributed by atoms with Gasteiger partial charge in [0, 0.05) is 6.42 Å². The summed E-state index contributed by atoms with van der Waals surface area (Å²) < 4.78 is 0. The first kappa shape index (κ1) is 11.4. The van der Waals surface area contributed by atoms with Gasteiger partial charge in [-0.15, -0.1) is 0 Å². The second-order valence-corrected chi connectivity index (χ2v) is 4.55. The summed E-state index contributed by atoms with van der Waals surface area (Å²) in [7, 11) is 0. The fourth-order valence-electron chi connectivity index (χ4n) is 0.951. The highest BCUT2D eigenvalue weighted by molar-refractivity contribution is 5.90. The number of ketones is 1. The van der Waals surface area contributed by atoms with Gasteiger partial charge in [-0.1, -0.05) is 33.3 Å². The topological polar surface area (TPSA) is 17.1 Å². The summed E-state index contributed by atoms with van der Waals surface area (Å²) in [5.74, 6) is 0.252. The van der Waals surface area contributed by atoms with Crippen LogP contribution in [0, 0.1) is 5.41 Å². The minimum atomic E-state index is 0.113. The molecule has 0 aliphatic rings. The number of carbonyl (C=O) groups is 1. The highest BCUT2D eigenvalue weighted by atomic mass is 16.1. The van der Waals surface area contributed by atoms with E-state index in [2.05, 4.69) is 27.7 Å². The molecule has 0 heterocycles. The molecule has 0 rings (SSSR count). The molecule has 0 aromatic carbocycles. The molecule has 0 bridgehead atoms. The molecule has 0 spiro atoms. The lowest BCUT2D eigenvalue weighted by Gasteiger charge is -2.15. The van der Waals surface area contributed by atoms with Crippen LogP contribution in [0.3, 0.4) is 0 Å². The van der Waals surface area contributed by atoms with Crippen LogP contribution in [-0.4, -0.2) is 5.78 Å². The van der Waals surface area contributed by atoms with Gasteiger partial charge in [0.05, 0.1) is 0 Å². The Hall–Kier alpha value is -0.590. The maximum Gasteiger partial charge on any atom is 0.156 e. The first-order valence-corrected chi connectivity index (χ1v) is 4.55. The van der Waals surface area contributed by atoms with E-state index in [1.54, 1.807) is 6.08 Å². The molecule has 0 radical (unpaired) electrons. The van der Waals surface area contributed by atoms with Crippen molar-refractivity contribution >= 4 is 5.78 Å². The van der Waals surface area contributed by atoms with Crippen LogP contribution < -0.4 is 0 Å². The van der Waals surface area contributed by atoms with E-state index < -0.39 is 0 Å². The fourth-order valence-corrected chi connectivity index (χ4v) is 0.951. The predicted octanol–water partition coefficient (Wildman–Crippen LogP) is 3.35. The zero-order valence-electron chi connectivity index (χ0n) is 8.90. The van der Waals surface area contributed by atoms with Crippen LogP contribution in [0.2, 0.25) is 0 Å². The van der Waals surface area contributed by atoms with Crippen molar-refractivity contribution in [1.82, 2.24) is 0 Å². The summed E-state index contributed by atoms with van der Waals surface area (Å²) in [6, 6.07) is 0. The Morgan fingerprint density at radius 2 is 1.83 bits per heavy atom. The monoisotopic (exact) mass is 168 g/mol. The van der Waals surface area contributed by atoms with Gasteiger partial charge >= 0.3 is 0 Å². The normalized spacial score (nSPS) is 13.2. The van der Waals surface area contributed by atoms with Crippen molar-refractivity contribution in [2.45, 2.75) is 47.5 Å². The van der Waals surface area contributed by atoms with E-state index in [9.17, 15) is 4.79 Å². The molecule has 0 amide bonds. The number of hydrogen-bond donors (Lipinski definition) is 0. The summed E-state index contributed by atoms with van der Waals surface area (Å²) in [5.41, 5.74) is 1.28. The quantitative estimate of drug-likeness (QED) is 0.591. The Bertz CT molecular complexity index is 182. The van der Waals surface area contributed by atoms with Crippen molar-refractivity contribution < 1.29 is 4.79 Å². The molecule has 0 N–H and O–H groups in total. The van der Waals surface area contributed by atoms with E-state index in [0.29, 0.717) is 6.42 Å². The molecule has 0 saturated heterocycles. The molecule has 0 fully saturated rings. The standard InChI is InChI=1S/C11H20O/c1-6-9(2)7-10(12)8-11(3,4)5/h7H,6,8H2,1-5H3/b9-7+. The molecule has 1 heteroatoms. The molecular formula is C11H20O. The van der Waals surface area contributed by atoms with Gasteiger partial charge in [-0.25, -0.2) is 0 Å². The van der Waals surface area contributed by atoms with Crippen molar-refractivity contribution in [2.75, 3.05) is 0 Å². The van der Waals surface area contributed by atoms with Crippen molar-refractivity contribution in [3.63, 3.8) is 0 Å². The minimum absolute atomic E-state index is 0.113. The summed E-state index contributed by atoms with van der Waals surface area (Å²) in [5, 5.41) is 0. The van der Waals surface area contributed by atoms with Gasteiger partial charge in [0.2, 0.25) is 0 Å². The molecule has 0 aliphatic heterocycles. The maximum atomic E-state index is 11.4. The van der Waals surface area contributed by atoms with E-state index in [1.807, 2.05) is 6.92 Å². The fraction of sp³-hybridized carbons (Fsp3) is 0.727. The lowest BCUT2D eigenvalue weighted by molar-refractivity contribution is -0.116. The van der Waals surface area contributed by atoms with E-state index >= 15 is 0 Å². The van der Waals surface area contributed by atoms with Crippen molar-refractivity contribution in [2.24, 2.45) is 5.41 Å². The molecule has 0 aromatic heterocycles. The summed E-state index contributed by atoms with van der Waals surface area (Å²) >= 11 is 0.